The van der Waals surface area contributed by atoms with E-state index < -0.39 is 35.8 Å². The van der Waals surface area contributed by atoms with Crippen molar-refractivity contribution >= 4 is 48.4 Å². The summed E-state index contributed by atoms with van der Waals surface area (Å²) >= 11 is 0. The van der Waals surface area contributed by atoms with Crippen LogP contribution in [0.4, 0.5) is 0 Å². The van der Waals surface area contributed by atoms with E-state index in [0.717, 1.165) is 11.1 Å². The van der Waals surface area contributed by atoms with Gasteiger partial charge in [0.15, 0.2) is 0 Å². The average molecular weight is 735 g/mol. The third-order valence-electron chi connectivity index (χ3n) is 8.21. The molecule has 13 nitrogen and oxygen atoms in total. The normalized spacial score (nSPS) is 18.0. The summed E-state index contributed by atoms with van der Waals surface area (Å²) in [5.74, 6) is -0.170. The number of nitrogens with one attached hydrogen (secondary N) is 4. The third kappa shape index (κ3) is 12.2. The van der Waals surface area contributed by atoms with E-state index in [-0.39, 0.29) is 62.6 Å². The van der Waals surface area contributed by atoms with Crippen LogP contribution in [0, 0.1) is 5.92 Å². The Morgan fingerprint density at radius 1 is 1.04 bits per heavy atom. The SMILES string of the molecule is COc1ccc(C[C@@H]2NC(=O)c3ccc(OC)c(c3)CCCNC(=O)CN(C(=O)[C@@H](N)Cc3cnc[nH]3)C[C@H](CC(C)C)NC2=O)cc1.Cl.Cl. The van der Waals surface area contributed by atoms with E-state index in [1.807, 2.05) is 26.0 Å². The fourth-order valence-electron chi connectivity index (χ4n) is 5.80. The van der Waals surface area contributed by atoms with Gasteiger partial charge in [0, 0.05) is 49.4 Å². The minimum Gasteiger partial charge on any atom is -0.497 e. The maximum atomic E-state index is 14.0. The number of aryl methyl sites for hydroxylation is 1. The van der Waals surface area contributed by atoms with Crippen LogP contribution in [-0.4, -0.2) is 90.5 Å². The number of ether oxygens (including phenoxy) is 2. The number of nitrogens with two attached hydrogens (primary N) is 1. The van der Waals surface area contributed by atoms with Crippen molar-refractivity contribution in [2.45, 2.75) is 64.1 Å². The number of fused-ring (bicyclic) bond motifs is 2. The maximum Gasteiger partial charge on any atom is 0.251 e. The van der Waals surface area contributed by atoms with Crippen molar-refractivity contribution in [3.63, 3.8) is 0 Å². The van der Waals surface area contributed by atoms with E-state index in [9.17, 15) is 19.2 Å². The van der Waals surface area contributed by atoms with Gasteiger partial charge >= 0.3 is 0 Å². The van der Waals surface area contributed by atoms with Crippen LogP contribution in [0.25, 0.3) is 0 Å². The zero-order valence-electron chi connectivity index (χ0n) is 28.9. The second-order valence-electron chi connectivity index (χ2n) is 12.5. The van der Waals surface area contributed by atoms with Gasteiger partial charge in [-0.15, -0.1) is 24.8 Å². The van der Waals surface area contributed by atoms with Crippen molar-refractivity contribution < 1.29 is 28.7 Å². The molecule has 2 heterocycles. The highest BCUT2D eigenvalue weighted by atomic mass is 35.5. The molecule has 0 fully saturated rings. The van der Waals surface area contributed by atoms with E-state index in [1.54, 1.807) is 50.7 Å². The topological polar surface area (TPSA) is 181 Å². The van der Waals surface area contributed by atoms with Gasteiger partial charge in [0.25, 0.3) is 5.91 Å². The standard InChI is InChI=1S/C35H47N7O6.2ClH/c1-22(2)14-27-19-42(35(46)29(36)17-26-18-37-21-39-26)20-32(43)38-13-5-6-24-16-25(9-12-31(24)48-4)33(44)41-30(34(45)40-27)15-23-7-10-28(47-3)11-8-23;;/h7-12,16,18,21-22,27,29-30H,5-6,13-15,17,19-20,36H2,1-4H3,(H,37,39)(H,38,43)(H,40,45)(H,41,44);2*1H/t27-,29-,30-;;/m0../s1. The smallest absolute Gasteiger partial charge is 0.251 e. The molecule has 0 aliphatic carbocycles. The number of amides is 4. The number of H-pyrrole nitrogens is 1. The highest BCUT2D eigenvalue weighted by Crippen LogP contribution is 2.22. The zero-order valence-corrected chi connectivity index (χ0v) is 30.5. The second kappa shape index (κ2) is 20.4. The molecule has 0 radical (unpaired) electrons. The molecule has 6 N–H and O–H groups in total. The van der Waals surface area contributed by atoms with Crippen LogP contribution in [0.5, 0.6) is 11.5 Å². The Kier molecular flexibility index (Phi) is 17.0. The summed E-state index contributed by atoms with van der Waals surface area (Å²) in [7, 11) is 3.13. The number of aromatic amines is 1. The van der Waals surface area contributed by atoms with Crippen molar-refractivity contribution in [3.05, 3.63) is 77.4 Å². The molecule has 1 aliphatic rings. The molecule has 3 aromatic rings. The summed E-state index contributed by atoms with van der Waals surface area (Å²) in [6, 6.07) is 10.00. The monoisotopic (exact) mass is 733 g/mol. The summed E-state index contributed by atoms with van der Waals surface area (Å²) in [4.78, 5) is 63.0. The molecular formula is C35H49Cl2N7O6. The molecular weight excluding hydrogens is 685 g/mol. The van der Waals surface area contributed by atoms with Crippen LogP contribution >= 0.6 is 24.8 Å². The minimum absolute atomic E-state index is 0. The van der Waals surface area contributed by atoms with Gasteiger partial charge in [-0.2, -0.15) is 0 Å². The molecule has 2 bridgehead atoms. The van der Waals surface area contributed by atoms with Crippen LogP contribution in [0.2, 0.25) is 0 Å². The van der Waals surface area contributed by atoms with E-state index in [2.05, 4.69) is 25.9 Å². The predicted molar refractivity (Wildman–Crippen MR) is 195 cm³/mol. The van der Waals surface area contributed by atoms with Crippen molar-refractivity contribution in [1.29, 1.82) is 0 Å². The highest BCUT2D eigenvalue weighted by molar-refractivity contribution is 5.98. The molecule has 0 saturated heterocycles. The summed E-state index contributed by atoms with van der Waals surface area (Å²) in [6.07, 6.45) is 5.12. The van der Waals surface area contributed by atoms with Crippen molar-refractivity contribution in [3.8, 4) is 11.5 Å². The molecule has 3 atom stereocenters. The van der Waals surface area contributed by atoms with Gasteiger partial charge < -0.3 is 41.0 Å². The first kappa shape index (κ1) is 41.8. The largest absolute Gasteiger partial charge is 0.497 e. The van der Waals surface area contributed by atoms with Crippen LogP contribution in [0.15, 0.2) is 55.0 Å². The number of carbonyl (C=O) groups excluding carboxylic acids is 4. The lowest BCUT2D eigenvalue weighted by Gasteiger charge is -2.31. The summed E-state index contributed by atoms with van der Waals surface area (Å²) in [6.45, 7) is 4.18. The first-order chi connectivity index (χ1) is 23.1. The third-order valence-corrected chi connectivity index (χ3v) is 8.21. The number of rotatable bonds is 9. The van der Waals surface area contributed by atoms with Gasteiger partial charge in [-0.3, -0.25) is 19.2 Å². The van der Waals surface area contributed by atoms with E-state index in [1.165, 1.54) is 11.2 Å². The fourth-order valence-corrected chi connectivity index (χ4v) is 5.80. The van der Waals surface area contributed by atoms with Gasteiger partial charge in [-0.25, -0.2) is 4.98 Å². The van der Waals surface area contributed by atoms with Crippen LogP contribution in [0.1, 0.15) is 53.9 Å². The van der Waals surface area contributed by atoms with Crippen LogP contribution in [0.3, 0.4) is 0 Å². The number of hydrogen-bond donors (Lipinski definition) is 5. The predicted octanol–water partition coefficient (Wildman–Crippen LogP) is 2.60. The molecule has 4 rings (SSSR count). The number of benzene rings is 2. The summed E-state index contributed by atoms with van der Waals surface area (Å²) < 4.78 is 10.8. The van der Waals surface area contributed by atoms with Crippen molar-refractivity contribution in [1.82, 2.24) is 30.8 Å². The van der Waals surface area contributed by atoms with Crippen molar-refractivity contribution in [2.75, 3.05) is 33.9 Å². The van der Waals surface area contributed by atoms with Gasteiger partial charge in [0.1, 0.15) is 17.5 Å². The Morgan fingerprint density at radius 2 is 1.78 bits per heavy atom. The second-order valence-corrected chi connectivity index (χ2v) is 12.5. The van der Waals surface area contributed by atoms with Gasteiger partial charge in [-0.05, 0) is 66.6 Å². The molecule has 0 spiro atoms. The Hall–Kier alpha value is -4.33. The number of nitrogens with zero attached hydrogens (tertiary/aromatic N) is 2. The first-order valence-electron chi connectivity index (χ1n) is 16.3. The van der Waals surface area contributed by atoms with Gasteiger partial charge in [0.05, 0.1) is 33.1 Å². The molecule has 2 aromatic carbocycles. The average Bonchev–Trinajstić information content (AvgIpc) is 3.58. The van der Waals surface area contributed by atoms with Crippen LogP contribution in [-0.2, 0) is 33.6 Å². The number of methoxy groups -OCH3 is 2. The molecule has 0 saturated carbocycles. The van der Waals surface area contributed by atoms with E-state index >= 15 is 0 Å². The lowest BCUT2D eigenvalue weighted by Crippen LogP contribution is -2.56. The number of hydrogen-bond acceptors (Lipinski definition) is 8. The molecule has 0 unspecified atom stereocenters. The van der Waals surface area contributed by atoms with Gasteiger partial charge in [0.2, 0.25) is 17.7 Å². The lowest BCUT2D eigenvalue weighted by molar-refractivity contribution is -0.138. The number of aromatic nitrogens is 2. The van der Waals surface area contributed by atoms with Crippen molar-refractivity contribution in [2.24, 2.45) is 11.7 Å². The summed E-state index contributed by atoms with van der Waals surface area (Å²) in [5.41, 5.74) is 9.03. The number of halogens is 2. The molecule has 274 valence electrons. The van der Waals surface area contributed by atoms with Crippen LogP contribution < -0.4 is 31.2 Å². The Bertz CT molecular complexity index is 1540. The quantitative estimate of drug-likeness (QED) is 0.223. The number of carbonyl (C=O) groups is 4. The molecule has 15 heteroatoms. The van der Waals surface area contributed by atoms with E-state index in [4.69, 9.17) is 15.2 Å². The molecule has 50 heavy (non-hydrogen) atoms. The maximum absolute atomic E-state index is 14.0. The number of imidazole rings is 1. The van der Waals surface area contributed by atoms with Gasteiger partial charge in [-0.1, -0.05) is 26.0 Å². The fraction of sp³-hybridized carbons (Fsp3) is 0.457. The molecule has 1 aliphatic heterocycles. The lowest BCUT2D eigenvalue weighted by atomic mass is 10.00. The summed E-state index contributed by atoms with van der Waals surface area (Å²) in [5, 5.41) is 8.93. The molecule has 1 aromatic heterocycles. The Labute approximate surface area is 305 Å². The minimum atomic E-state index is -0.947. The highest BCUT2D eigenvalue weighted by Gasteiger charge is 2.30. The Morgan fingerprint density at radius 3 is 2.42 bits per heavy atom. The Balaban J connectivity index is 0.00000433. The first-order valence-corrected chi connectivity index (χ1v) is 16.3. The molecule has 4 amide bonds. The zero-order chi connectivity index (χ0) is 34.6. The van der Waals surface area contributed by atoms with E-state index in [0.29, 0.717) is 48.6 Å².